The van der Waals surface area contributed by atoms with E-state index in [2.05, 4.69) is 0 Å². The van der Waals surface area contributed by atoms with Crippen molar-refractivity contribution < 1.29 is 14.3 Å². The Balaban J connectivity index is 2.94. The zero-order valence-corrected chi connectivity index (χ0v) is 11.2. The number of Topliss-reactive ketones (excluding diaryl/α,β-unsaturated/α-hetero) is 1. The van der Waals surface area contributed by atoms with E-state index < -0.39 is 0 Å². The summed E-state index contributed by atoms with van der Waals surface area (Å²) in [5.74, 6) is 1.62. The number of carbonyl (C=O) groups excluding carboxylic acids is 1. The highest BCUT2D eigenvalue weighted by atomic mass is 16.5. The molecule has 1 rings (SSSR count). The predicted octanol–water partition coefficient (Wildman–Crippen LogP) is 2.86. The molecule has 3 heteroatoms. The Hall–Kier alpha value is -1.51. The van der Waals surface area contributed by atoms with E-state index in [-0.39, 0.29) is 11.2 Å². The Morgan fingerprint density at radius 3 is 1.88 bits per heavy atom. The molecule has 0 unspecified atom stereocenters. The Bertz CT molecular complexity index is 380. The lowest BCUT2D eigenvalue weighted by molar-refractivity contribution is -0.125. The molecule has 1 aromatic carbocycles. The van der Waals surface area contributed by atoms with Crippen molar-refractivity contribution in [1.29, 1.82) is 0 Å². The lowest BCUT2D eigenvalue weighted by Gasteiger charge is -2.17. The fourth-order valence-corrected chi connectivity index (χ4v) is 1.42. The molecule has 0 aliphatic rings. The topological polar surface area (TPSA) is 35.5 Å². The molecule has 0 saturated heterocycles. The zero-order chi connectivity index (χ0) is 13.1. The van der Waals surface area contributed by atoms with Gasteiger partial charge in [-0.05, 0) is 17.7 Å². The van der Waals surface area contributed by atoms with Crippen LogP contribution in [0, 0.1) is 5.41 Å². The highest BCUT2D eigenvalue weighted by Crippen LogP contribution is 2.25. The van der Waals surface area contributed by atoms with Gasteiger partial charge in [0.1, 0.15) is 17.3 Å². The van der Waals surface area contributed by atoms with Gasteiger partial charge in [-0.1, -0.05) is 20.8 Å². The molecule has 0 radical (unpaired) electrons. The summed E-state index contributed by atoms with van der Waals surface area (Å²) in [7, 11) is 3.20. The van der Waals surface area contributed by atoms with Gasteiger partial charge in [-0.3, -0.25) is 4.79 Å². The molecule has 0 saturated carbocycles. The maximum absolute atomic E-state index is 12.0. The minimum atomic E-state index is -0.323. The van der Waals surface area contributed by atoms with Crippen LogP contribution in [0.4, 0.5) is 0 Å². The van der Waals surface area contributed by atoms with E-state index in [4.69, 9.17) is 9.47 Å². The predicted molar refractivity (Wildman–Crippen MR) is 67.7 cm³/mol. The van der Waals surface area contributed by atoms with E-state index in [0.29, 0.717) is 17.9 Å². The number of methoxy groups -OCH3 is 2. The smallest absolute Gasteiger partial charge is 0.142 e. The van der Waals surface area contributed by atoms with Crippen molar-refractivity contribution in [2.24, 2.45) is 5.41 Å². The second kappa shape index (κ2) is 5.21. The summed E-state index contributed by atoms with van der Waals surface area (Å²) in [6.45, 7) is 5.77. The Morgan fingerprint density at radius 2 is 1.53 bits per heavy atom. The third kappa shape index (κ3) is 3.77. The molecule has 0 amide bonds. The van der Waals surface area contributed by atoms with Gasteiger partial charge in [0.25, 0.3) is 0 Å². The number of ketones is 1. The van der Waals surface area contributed by atoms with E-state index in [1.165, 1.54) is 0 Å². The summed E-state index contributed by atoms with van der Waals surface area (Å²) < 4.78 is 10.3. The Labute approximate surface area is 103 Å². The van der Waals surface area contributed by atoms with Crippen molar-refractivity contribution in [3.63, 3.8) is 0 Å². The summed E-state index contributed by atoms with van der Waals surface area (Å²) in [6.07, 6.45) is 0.400. The summed E-state index contributed by atoms with van der Waals surface area (Å²) in [4.78, 5) is 12.0. The van der Waals surface area contributed by atoms with E-state index >= 15 is 0 Å². The molecule has 0 bridgehead atoms. The van der Waals surface area contributed by atoms with Crippen LogP contribution in [0.2, 0.25) is 0 Å². The number of carbonyl (C=O) groups is 1. The molecule has 0 atom stereocenters. The van der Waals surface area contributed by atoms with E-state index in [1.54, 1.807) is 20.3 Å². The Kier molecular flexibility index (Phi) is 4.16. The molecule has 0 N–H and O–H groups in total. The van der Waals surface area contributed by atoms with Crippen LogP contribution in [0.3, 0.4) is 0 Å². The molecule has 0 spiro atoms. The highest BCUT2D eigenvalue weighted by molar-refractivity contribution is 5.85. The van der Waals surface area contributed by atoms with E-state index in [1.807, 2.05) is 32.9 Å². The molecule has 0 aliphatic heterocycles. The van der Waals surface area contributed by atoms with Crippen LogP contribution in [0.25, 0.3) is 0 Å². The fourth-order valence-electron chi connectivity index (χ4n) is 1.42. The molecule has 17 heavy (non-hydrogen) atoms. The van der Waals surface area contributed by atoms with Crippen LogP contribution >= 0.6 is 0 Å². The molecule has 0 aromatic heterocycles. The van der Waals surface area contributed by atoms with Gasteiger partial charge in [0, 0.05) is 17.9 Å². The average Bonchev–Trinajstić information content (AvgIpc) is 2.27. The summed E-state index contributed by atoms with van der Waals surface area (Å²) in [5, 5.41) is 0. The lowest BCUT2D eigenvalue weighted by Crippen LogP contribution is -2.22. The molecule has 0 aliphatic carbocycles. The van der Waals surface area contributed by atoms with Crippen LogP contribution in [0.15, 0.2) is 18.2 Å². The van der Waals surface area contributed by atoms with Gasteiger partial charge >= 0.3 is 0 Å². The first-order valence-electron chi connectivity index (χ1n) is 5.62. The number of benzene rings is 1. The minimum Gasteiger partial charge on any atom is -0.497 e. The van der Waals surface area contributed by atoms with Gasteiger partial charge in [0.2, 0.25) is 0 Å². The van der Waals surface area contributed by atoms with Crippen molar-refractivity contribution in [2.45, 2.75) is 27.2 Å². The minimum absolute atomic E-state index is 0.202. The van der Waals surface area contributed by atoms with Gasteiger partial charge in [-0.25, -0.2) is 0 Å². The Morgan fingerprint density at radius 1 is 1.06 bits per heavy atom. The van der Waals surface area contributed by atoms with E-state index in [0.717, 1.165) is 5.56 Å². The molecular formula is C14H20O3. The van der Waals surface area contributed by atoms with Gasteiger partial charge in [0.15, 0.2) is 0 Å². The van der Waals surface area contributed by atoms with Crippen molar-refractivity contribution >= 4 is 5.78 Å². The third-order valence-electron chi connectivity index (χ3n) is 2.61. The van der Waals surface area contributed by atoms with Crippen LogP contribution in [-0.4, -0.2) is 20.0 Å². The van der Waals surface area contributed by atoms with Crippen molar-refractivity contribution in [3.05, 3.63) is 23.8 Å². The molecule has 3 nitrogen and oxygen atoms in total. The quantitative estimate of drug-likeness (QED) is 0.806. The van der Waals surface area contributed by atoms with Crippen molar-refractivity contribution in [2.75, 3.05) is 14.2 Å². The van der Waals surface area contributed by atoms with Crippen molar-refractivity contribution in [1.82, 2.24) is 0 Å². The van der Waals surface area contributed by atoms with E-state index in [9.17, 15) is 4.79 Å². The molecule has 0 heterocycles. The first-order chi connectivity index (χ1) is 7.86. The monoisotopic (exact) mass is 236 g/mol. The first-order valence-corrected chi connectivity index (χ1v) is 5.62. The van der Waals surface area contributed by atoms with Gasteiger partial charge in [-0.2, -0.15) is 0 Å². The summed E-state index contributed by atoms with van der Waals surface area (Å²) in [6, 6.07) is 5.53. The maximum atomic E-state index is 12.0. The number of hydrogen-bond donors (Lipinski definition) is 0. The summed E-state index contributed by atoms with van der Waals surface area (Å²) in [5.41, 5.74) is 0.595. The zero-order valence-electron chi connectivity index (χ0n) is 11.2. The fraction of sp³-hybridized carbons (Fsp3) is 0.500. The summed E-state index contributed by atoms with van der Waals surface area (Å²) >= 11 is 0. The molecular weight excluding hydrogens is 216 g/mol. The van der Waals surface area contributed by atoms with Gasteiger partial charge in [0.05, 0.1) is 14.2 Å². The van der Waals surface area contributed by atoms with Gasteiger partial charge in [-0.15, -0.1) is 0 Å². The SMILES string of the molecule is COc1cc(CC(=O)C(C)(C)C)cc(OC)c1. The van der Waals surface area contributed by atoms with Gasteiger partial charge < -0.3 is 9.47 Å². The standard InChI is InChI=1S/C14H20O3/c1-14(2,3)13(15)8-10-6-11(16-4)9-12(7-10)17-5/h6-7,9H,8H2,1-5H3. The van der Waals surface area contributed by atoms with Crippen LogP contribution in [0.5, 0.6) is 11.5 Å². The largest absolute Gasteiger partial charge is 0.497 e. The lowest BCUT2D eigenvalue weighted by atomic mass is 9.87. The van der Waals surface area contributed by atoms with Crippen LogP contribution in [-0.2, 0) is 11.2 Å². The second-order valence-corrected chi connectivity index (χ2v) is 5.07. The number of ether oxygens (including phenoxy) is 2. The number of rotatable bonds is 4. The highest BCUT2D eigenvalue weighted by Gasteiger charge is 2.21. The molecule has 1 aromatic rings. The normalized spacial score (nSPS) is 11.1. The number of hydrogen-bond acceptors (Lipinski definition) is 3. The average molecular weight is 236 g/mol. The van der Waals surface area contributed by atoms with Crippen LogP contribution in [0.1, 0.15) is 26.3 Å². The third-order valence-corrected chi connectivity index (χ3v) is 2.61. The van der Waals surface area contributed by atoms with Crippen LogP contribution < -0.4 is 9.47 Å². The van der Waals surface area contributed by atoms with Crippen molar-refractivity contribution in [3.8, 4) is 11.5 Å². The first kappa shape index (κ1) is 13.6. The molecule has 94 valence electrons. The molecule has 0 fully saturated rings. The maximum Gasteiger partial charge on any atom is 0.142 e. The second-order valence-electron chi connectivity index (χ2n) is 5.07.